The Morgan fingerprint density at radius 3 is 2.19 bits per heavy atom. The molecular weight excluding hydrogens is 390 g/mol. The number of nitrogens with two attached hydrogens (primary N) is 1. The summed E-state index contributed by atoms with van der Waals surface area (Å²) >= 11 is 0. The molecule has 2 aromatic rings. The Balaban J connectivity index is 0.00000364. The van der Waals surface area contributed by atoms with E-state index in [1.807, 2.05) is 0 Å². The van der Waals surface area contributed by atoms with E-state index in [9.17, 15) is 13.2 Å². The zero-order chi connectivity index (χ0) is 19.0. The van der Waals surface area contributed by atoms with Crippen LogP contribution in [0.1, 0.15) is 23.7 Å². The second-order valence-corrected chi connectivity index (χ2v) is 7.46. The number of hydrogen-bond donors (Lipinski definition) is 3. The van der Waals surface area contributed by atoms with Crippen molar-refractivity contribution in [2.75, 3.05) is 28.9 Å². The number of hydrogen-bond acceptors (Lipinski definition) is 5. The van der Waals surface area contributed by atoms with Gasteiger partial charge in [-0.25, -0.2) is 8.42 Å². The number of halogens is 1. The number of benzene rings is 2. The van der Waals surface area contributed by atoms with E-state index in [2.05, 4.69) is 10.0 Å². The minimum absolute atomic E-state index is 0. The molecule has 0 saturated heterocycles. The summed E-state index contributed by atoms with van der Waals surface area (Å²) < 4.78 is 31.3. The molecule has 148 valence electrons. The Labute approximate surface area is 165 Å². The standard InChI is InChI=1S/C18H23N3O4S.ClH/c1-2-13-26(23,24)21-16-5-3-14(4-6-16)18(22)20-15-7-9-17(10-8-15)25-12-11-19;/h3-10,21H,2,11-13,19H2,1H3,(H,20,22);1H. The van der Waals surface area contributed by atoms with Crippen molar-refractivity contribution in [3.63, 3.8) is 0 Å². The number of carbonyl (C=O) groups is 1. The molecule has 0 spiro atoms. The Bertz CT molecular complexity index is 825. The van der Waals surface area contributed by atoms with Gasteiger partial charge in [0.05, 0.1) is 5.75 Å². The van der Waals surface area contributed by atoms with E-state index in [-0.39, 0.29) is 24.1 Å². The molecule has 7 nitrogen and oxygen atoms in total. The van der Waals surface area contributed by atoms with E-state index in [0.29, 0.717) is 42.3 Å². The lowest BCUT2D eigenvalue weighted by molar-refractivity contribution is 0.102. The normalized spacial score (nSPS) is 10.6. The molecule has 0 fully saturated rings. The van der Waals surface area contributed by atoms with Crippen LogP contribution >= 0.6 is 12.4 Å². The largest absolute Gasteiger partial charge is 0.492 e. The second kappa shape index (κ2) is 10.8. The molecule has 0 aliphatic carbocycles. The fourth-order valence-electron chi connectivity index (χ4n) is 2.20. The van der Waals surface area contributed by atoms with E-state index in [1.54, 1.807) is 55.5 Å². The van der Waals surface area contributed by atoms with Crippen LogP contribution in [0.25, 0.3) is 0 Å². The molecule has 0 aliphatic rings. The van der Waals surface area contributed by atoms with Gasteiger partial charge in [0.15, 0.2) is 0 Å². The maximum atomic E-state index is 12.3. The van der Waals surface area contributed by atoms with Gasteiger partial charge in [0.2, 0.25) is 10.0 Å². The van der Waals surface area contributed by atoms with Crippen molar-refractivity contribution in [3.8, 4) is 5.75 Å². The summed E-state index contributed by atoms with van der Waals surface area (Å²) in [7, 11) is -3.35. The molecule has 2 rings (SSSR count). The van der Waals surface area contributed by atoms with E-state index < -0.39 is 10.0 Å². The molecule has 0 bridgehead atoms. The molecule has 1 amide bonds. The van der Waals surface area contributed by atoms with Crippen molar-refractivity contribution in [2.24, 2.45) is 5.73 Å². The fraction of sp³-hybridized carbons (Fsp3) is 0.278. The van der Waals surface area contributed by atoms with Crippen LogP contribution in [0.5, 0.6) is 5.75 Å². The van der Waals surface area contributed by atoms with Gasteiger partial charge >= 0.3 is 0 Å². The first-order valence-electron chi connectivity index (χ1n) is 8.28. The maximum absolute atomic E-state index is 12.3. The van der Waals surface area contributed by atoms with Crippen molar-refractivity contribution >= 4 is 39.7 Å². The monoisotopic (exact) mass is 413 g/mol. The number of carbonyl (C=O) groups excluding carboxylic acids is 1. The van der Waals surface area contributed by atoms with Crippen molar-refractivity contribution in [1.29, 1.82) is 0 Å². The van der Waals surface area contributed by atoms with Crippen LogP contribution in [-0.2, 0) is 10.0 Å². The van der Waals surface area contributed by atoms with Gasteiger partial charge in [0.1, 0.15) is 12.4 Å². The highest BCUT2D eigenvalue weighted by Gasteiger charge is 2.10. The summed E-state index contributed by atoms with van der Waals surface area (Å²) in [5.74, 6) is 0.445. The predicted octanol–water partition coefficient (Wildman–Crippen LogP) is 2.85. The van der Waals surface area contributed by atoms with Crippen LogP contribution in [0.15, 0.2) is 48.5 Å². The summed E-state index contributed by atoms with van der Waals surface area (Å²) in [5, 5.41) is 2.77. The molecule has 4 N–H and O–H groups in total. The molecule has 0 aliphatic heterocycles. The summed E-state index contributed by atoms with van der Waals surface area (Å²) in [5.41, 5.74) is 6.85. The second-order valence-electron chi connectivity index (χ2n) is 5.61. The lowest BCUT2D eigenvalue weighted by Crippen LogP contribution is -2.16. The summed E-state index contributed by atoms with van der Waals surface area (Å²) in [4.78, 5) is 12.3. The number of anilines is 2. The van der Waals surface area contributed by atoms with Crippen molar-refractivity contribution in [1.82, 2.24) is 0 Å². The van der Waals surface area contributed by atoms with Crippen molar-refractivity contribution < 1.29 is 17.9 Å². The lowest BCUT2D eigenvalue weighted by atomic mass is 10.2. The SMILES string of the molecule is CCCS(=O)(=O)Nc1ccc(C(=O)Nc2ccc(OCCN)cc2)cc1.Cl. The minimum Gasteiger partial charge on any atom is -0.492 e. The number of rotatable bonds is 9. The van der Waals surface area contributed by atoms with E-state index in [4.69, 9.17) is 10.5 Å². The first-order chi connectivity index (χ1) is 12.4. The number of ether oxygens (including phenoxy) is 1. The quantitative estimate of drug-likeness (QED) is 0.585. The first-order valence-corrected chi connectivity index (χ1v) is 9.93. The Kier molecular flexibility index (Phi) is 9.07. The van der Waals surface area contributed by atoms with Crippen molar-refractivity contribution in [2.45, 2.75) is 13.3 Å². The summed E-state index contributed by atoms with van der Waals surface area (Å²) in [6, 6.07) is 13.2. The van der Waals surface area contributed by atoms with Crippen LogP contribution < -0.4 is 20.5 Å². The molecular formula is C18H24ClN3O4S. The molecule has 2 aromatic carbocycles. The van der Waals surface area contributed by atoms with Crippen molar-refractivity contribution in [3.05, 3.63) is 54.1 Å². The summed E-state index contributed by atoms with van der Waals surface area (Å²) in [6.07, 6.45) is 0.534. The third-order valence-electron chi connectivity index (χ3n) is 3.39. The predicted molar refractivity (Wildman–Crippen MR) is 110 cm³/mol. The first kappa shape index (κ1) is 22.8. The Morgan fingerprint density at radius 1 is 1.04 bits per heavy atom. The minimum atomic E-state index is -3.35. The highest BCUT2D eigenvalue weighted by Crippen LogP contribution is 2.17. The van der Waals surface area contributed by atoms with E-state index >= 15 is 0 Å². The van der Waals surface area contributed by atoms with Crippen LogP contribution in [-0.4, -0.2) is 33.2 Å². The Morgan fingerprint density at radius 2 is 1.63 bits per heavy atom. The van der Waals surface area contributed by atoms with Gasteiger partial charge in [-0.1, -0.05) is 6.92 Å². The van der Waals surface area contributed by atoms with Gasteiger partial charge < -0.3 is 15.8 Å². The third kappa shape index (κ3) is 7.46. The van der Waals surface area contributed by atoms with E-state index in [0.717, 1.165) is 0 Å². The number of amides is 1. The molecule has 0 unspecified atom stereocenters. The topological polar surface area (TPSA) is 111 Å². The van der Waals surface area contributed by atoms with Gasteiger partial charge in [-0.05, 0) is 55.0 Å². The molecule has 0 aromatic heterocycles. The maximum Gasteiger partial charge on any atom is 0.255 e. The molecule has 0 heterocycles. The smallest absolute Gasteiger partial charge is 0.255 e. The Hall–Kier alpha value is -2.29. The third-order valence-corrected chi connectivity index (χ3v) is 4.88. The molecule has 27 heavy (non-hydrogen) atoms. The highest BCUT2D eigenvalue weighted by atomic mass is 35.5. The van der Waals surface area contributed by atoms with Gasteiger partial charge in [-0.3, -0.25) is 9.52 Å². The van der Waals surface area contributed by atoms with Crippen LogP contribution in [0, 0.1) is 0 Å². The lowest BCUT2D eigenvalue weighted by Gasteiger charge is -2.09. The van der Waals surface area contributed by atoms with Crippen LogP contribution in [0.4, 0.5) is 11.4 Å². The zero-order valence-electron chi connectivity index (χ0n) is 15.0. The van der Waals surface area contributed by atoms with E-state index in [1.165, 1.54) is 0 Å². The average Bonchev–Trinajstić information content (AvgIpc) is 2.61. The zero-order valence-corrected chi connectivity index (χ0v) is 16.6. The highest BCUT2D eigenvalue weighted by molar-refractivity contribution is 7.92. The van der Waals surface area contributed by atoms with Gasteiger partial charge in [-0.15, -0.1) is 12.4 Å². The van der Waals surface area contributed by atoms with Gasteiger partial charge in [-0.2, -0.15) is 0 Å². The van der Waals surface area contributed by atoms with Crippen LogP contribution in [0.3, 0.4) is 0 Å². The molecule has 0 radical (unpaired) electrons. The van der Waals surface area contributed by atoms with Crippen LogP contribution in [0.2, 0.25) is 0 Å². The fourth-order valence-corrected chi connectivity index (χ4v) is 3.34. The number of nitrogens with one attached hydrogen (secondary N) is 2. The average molecular weight is 414 g/mol. The summed E-state index contributed by atoms with van der Waals surface area (Å²) in [6.45, 7) is 2.66. The molecule has 0 atom stereocenters. The van der Waals surface area contributed by atoms with Gasteiger partial charge in [0, 0.05) is 23.5 Å². The molecule has 0 saturated carbocycles. The van der Waals surface area contributed by atoms with Gasteiger partial charge in [0.25, 0.3) is 5.91 Å². The number of sulfonamides is 1. The molecule has 9 heteroatoms.